The zero-order valence-electron chi connectivity index (χ0n) is 19.3. The molecular formula is C18H30N8O11. The van der Waals surface area contributed by atoms with Gasteiger partial charge in [0.15, 0.2) is 0 Å². The van der Waals surface area contributed by atoms with Gasteiger partial charge in [0.05, 0.1) is 38.5 Å². The van der Waals surface area contributed by atoms with Crippen LogP contribution in [0.15, 0.2) is 0 Å². The van der Waals surface area contributed by atoms with Crippen LogP contribution in [0.1, 0.15) is 19.3 Å². The lowest BCUT2D eigenvalue weighted by Crippen LogP contribution is -2.60. The van der Waals surface area contributed by atoms with Gasteiger partial charge in [-0.2, -0.15) is 0 Å². The van der Waals surface area contributed by atoms with Crippen molar-refractivity contribution < 1.29 is 53.7 Å². The Labute approximate surface area is 208 Å². The number of aliphatic hydroxyl groups excluding tert-OH is 2. The molecule has 0 aliphatic rings. The van der Waals surface area contributed by atoms with Crippen LogP contribution in [0.25, 0.3) is 0 Å². The maximum Gasteiger partial charge on any atom is 0.326 e. The molecule has 0 aliphatic carbocycles. The Hall–Kier alpha value is -4.36. The van der Waals surface area contributed by atoms with Crippen LogP contribution in [-0.2, 0) is 38.4 Å². The molecule has 0 bridgehead atoms. The van der Waals surface area contributed by atoms with Gasteiger partial charge in [0, 0.05) is 0 Å². The number of amides is 7. The first-order valence-corrected chi connectivity index (χ1v) is 10.4. The molecule has 0 heterocycles. The molecule has 5 atom stereocenters. The van der Waals surface area contributed by atoms with Gasteiger partial charge in [-0.1, -0.05) is 0 Å². The van der Waals surface area contributed by atoms with Gasteiger partial charge in [-0.15, -0.1) is 0 Å². The number of aliphatic hydroxyl groups is 2. The molecule has 0 saturated heterocycles. The fourth-order valence-corrected chi connectivity index (χ4v) is 2.61. The van der Waals surface area contributed by atoms with Crippen molar-refractivity contribution in [3.63, 3.8) is 0 Å². The van der Waals surface area contributed by atoms with Crippen molar-refractivity contribution in [2.75, 3.05) is 13.2 Å². The minimum absolute atomic E-state index is 0.578. The highest BCUT2D eigenvalue weighted by Gasteiger charge is 2.32. The van der Waals surface area contributed by atoms with Crippen LogP contribution < -0.4 is 44.2 Å². The van der Waals surface area contributed by atoms with E-state index in [2.05, 4.69) is 0 Å². The van der Waals surface area contributed by atoms with Crippen LogP contribution in [0.4, 0.5) is 0 Å². The first-order valence-electron chi connectivity index (χ1n) is 10.4. The molecule has 0 aliphatic heterocycles. The molecule has 15 N–H and O–H groups in total. The van der Waals surface area contributed by atoms with Gasteiger partial charge in [0.2, 0.25) is 41.4 Å². The second-order valence-corrected chi connectivity index (χ2v) is 7.57. The lowest BCUT2D eigenvalue weighted by atomic mass is 10.1. The van der Waals surface area contributed by atoms with Crippen LogP contribution in [0, 0.1) is 0 Å². The second kappa shape index (κ2) is 15.6. The number of rotatable bonds is 17. The van der Waals surface area contributed by atoms with Crippen molar-refractivity contribution in [1.82, 2.24) is 21.3 Å². The molecule has 19 nitrogen and oxygen atoms in total. The lowest BCUT2D eigenvalue weighted by molar-refractivity contribution is -0.144. The van der Waals surface area contributed by atoms with Gasteiger partial charge in [0.1, 0.15) is 24.2 Å². The van der Waals surface area contributed by atoms with Crippen LogP contribution >= 0.6 is 0 Å². The van der Waals surface area contributed by atoms with Gasteiger partial charge in [0.25, 0.3) is 0 Å². The summed E-state index contributed by atoms with van der Waals surface area (Å²) in [7, 11) is 0. The number of carboxylic acids is 1. The van der Waals surface area contributed by atoms with Crippen molar-refractivity contribution in [1.29, 1.82) is 0 Å². The Morgan fingerprint density at radius 3 is 1.24 bits per heavy atom. The molecule has 0 aromatic rings. The highest BCUT2D eigenvalue weighted by Crippen LogP contribution is 1.99. The highest BCUT2D eigenvalue weighted by molar-refractivity contribution is 5.98. The molecule has 0 radical (unpaired) electrons. The van der Waals surface area contributed by atoms with E-state index >= 15 is 0 Å². The minimum atomic E-state index is -1.81. The van der Waals surface area contributed by atoms with E-state index in [1.807, 2.05) is 21.3 Å². The van der Waals surface area contributed by atoms with Gasteiger partial charge in [-0.3, -0.25) is 33.6 Å². The predicted molar refractivity (Wildman–Crippen MR) is 119 cm³/mol. The summed E-state index contributed by atoms with van der Waals surface area (Å²) < 4.78 is 0. The Morgan fingerprint density at radius 2 is 0.865 bits per heavy atom. The summed E-state index contributed by atoms with van der Waals surface area (Å²) in [5.41, 5.74) is 20.3. The number of carbonyl (C=O) groups is 8. The molecule has 0 aromatic heterocycles. The largest absolute Gasteiger partial charge is 0.480 e. The normalized spacial score (nSPS) is 14.6. The molecule has 7 amide bonds. The number of carboxylic acid groups (broad SMARTS) is 1. The summed E-state index contributed by atoms with van der Waals surface area (Å²) in [5.74, 6) is -9.49. The van der Waals surface area contributed by atoms with Crippen molar-refractivity contribution in [3.05, 3.63) is 0 Å². The summed E-state index contributed by atoms with van der Waals surface area (Å²) >= 11 is 0. The Balaban J connectivity index is 5.48. The van der Waals surface area contributed by atoms with Crippen LogP contribution in [0.5, 0.6) is 0 Å². The van der Waals surface area contributed by atoms with Crippen molar-refractivity contribution in [3.8, 4) is 0 Å². The molecule has 208 valence electrons. The van der Waals surface area contributed by atoms with Crippen LogP contribution in [0.3, 0.4) is 0 Å². The number of primary amides is 3. The fraction of sp³-hybridized carbons (Fsp3) is 0.556. The van der Waals surface area contributed by atoms with Crippen LogP contribution in [0.2, 0.25) is 0 Å². The van der Waals surface area contributed by atoms with Gasteiger partial charge in [-0.05, 0) is 0 Å². The van der Waals surface area contributed by atoms with E-state index in [1.165, 1.54) is 0 Å². The number of nitrogens with one attached hydrogen (secondary N) is 4. The summed E-state index contributed by atoms with van der Waals surface area (Å²) in [6.07, 6.45) is -2.22. The molecule has 37 heavy (non-hydrogen) atoms. The standard InChI is InChI=1S/C18H30N8O11/c19-6(1-11(20)29)14(32)25-9(4-27)16(34)23-7(2-12(21)30)15(33)26-10(5-28)17(35)24-8(18(36)37)3-13(22)31/h6-10,27-28H,1-5,19H2,(H2,20,29)(H2,21,30)(H2,22,31)(H,23,34)(H,24,35)(H,25,32)(H,26,33)(H,36,37)/t6-,7-,8-,9-,10-/m0/s1. The molecule has 0 fully saturated rings. The average Bonchev–Trinajstić information content (AvgIpc) is 2.78. The minimum Gasteiger partial charge on any atom is -0.480 e. The average molecular weight is 534 g/mol. The Morgan fingerprint density at radius 1 is 0.541 bits per heavy atom. The molecule has 0 saturated carbocycles. The van der Waals surface area contributed by atoms with Crippen molar-refractivity contribution in [2.45, 2.75) is 49.5 Å². The van der Waals surface area contributed by atoms with Gasteiger partial charge < -0.3 is 59.5 Å². The number of hydrogen-bond acceptors (Lipinski definition) is 11. The van der Waals surface area contributed by atoms with E-state index in [4.69, 9.17) is 28.0 Å². The number of hydrogen-bond donors (Lipinski definition) is 11. The van der Waals surface area contributed by atoms with E-state index in [1.54, 1.807) is 0 Å². The zero-order valence-corrected chi connectivity index (χ0v) is 19.3. The SMILES string of the molecule is NC(=O)C[C@H](NC(=O)[C@H](CO)NC(=O)[C@H](CC(N)=O)NC(=O)[C@H](CO)NC(=O)[C@@H](N)CC(N)=O)C(=O)O. The quantitative estimate of drug-likeness (QED) is 0.0828. The topological polar surface area (TPSA) is 349 Å². The molecule has 19 heteroatoms. The third kappa shape index (κ3) is 12.2. The van der Waals surface area contributed by atoms with E-state index < -0.39 is 110 Å². The fourth-order valence-electron chi connectivity index (χ4n) is 2.61. The molecule has 0 rings (SSSR count). The summed E-state index contributed by atoms with van der Waals surface area (Å²) in [4.78, 5) is 93.8. The van der Waals surface area contributed by atoms with Gasteiger partial charge in [-0.25, -0.2) is 4.79 Å². The number of aliphatic carboxylic acids is 1. The first-order chi connectivity index (χ1) is 17.1. The number of nitrogens with two attached hydrogens (primary N) is 4. The second-order valence-electron chi connectivity index (χ2n) is 7.57. The summed E-state index contributed by atoms with van der Waals surface area (Å²) in [5, 5.41) is 35.8. The van der Waals surface area contributed by atoms with Crippen molar-refractivity contribution >= 4 is 47.3 Å². The number of carbonyl (C=O) groups excluding carboxylic acids is 7. The first kappa shape index (κ1) is 32.6. The summed E-state index contributed by atoms with van der Waals surface area (Å²) in [6, 6.07) is -8.56. The van der Waals surface area contributed by atoms with Crippen molar-refractivity contribution in [2.24, 2.45) is 22.9 Å². The van der Waals surface area contributed by atoms with E-state index in [9.17, 15) is 48.6 Å². The lowest BCUT2D eigenvalue weighted by Gasteiger charge is -2.24. The zero-order chi connectivity index (χ0) is 28.9. The predicted octanol–water partition coefficient (Wildman–Crippen LogP) is -8.05. The monoisotopic (exact) mass is 534 g/mol. The Kier molecular flexibility index (Phi) is 13.8. The third-order valence-electron chi connectivity index (χ3n) is 4.45. The van der Waals surface area contributed by atoms with E-state index in [-0.39, 0.29) is 0 Å². The van der Waals surface area contributed by atoms with E-state index in [0.717, 1.165) is 0 Å². The van der Waals surface area contributed by atoms with Gasteiger partial charge >= 0.3 is 5.97 Å². The molecule has 0 unspecified atom stereocenters. The van der Waals surface area contributed by atoms with E-state index in [0.29, 0.717) is 0 Å². The Bertz CT molecular complexity index is 912. The molecule has 0 spiro atoms. The van der Waals surface area contributed by atoms with Crippen LogP contribution in [-0.4, -0.2) is 106 Å². The third-order valence-corrected chi connectivity index (χ3v) is 4.45. The smallest absolute Gasteiger partial charge is 0.326 e. The maximum absolute atomic E-state index is 12.6. The summed E-state index contributed by atoms with van der Waals surface area (Å²) in [6.45, 7) is -2.09. The maximum atomic E-state index is 12.6. The molecule has 0 aromatic carbocycles. The molecular weight excluding hydrogens is 504 g/mol. The highest BCUT2D eigenvalue weighted by atomic mass is 16.4.